The molecule has 0 saturated carbocycles. The van der Waals surface area contributed by atoms with Crippen LogP contribution in [0.5, 0.6) is 0 Å². The number of carbonyl (C=O) groups is 2. The molecule has 0 radical (unpaired) electrons. The zero-order valence-electron chi connectivity index (χ0n) is 17.1. The maximum Gasteiger partial charge on any atom is 0.239 e. The van der Waals surface area contributed by atoms with Crippen molar-refractivity contribution >= 4 is 17.5 Å². The molecule has 2 N–H and O–H groups in total. The maximum absolute atomic E-state index is 12.9. The first-order valence-electron chi connectivity index (χ1n) is 9.90. The van der Waals surface area contributed by atoms with Crippen molar-refractivity contribution in [2.24, 2.45) is 5.41 Å². The molecule has 1 aromatic rings. The van der Waals surface area contributed by atoms with E-state index in [0.29, 0.717) is 6.54 Å². The SMILES string of the molecule is CCc1cccc(CC)c1NC(=O)C(C)(C)C(=O)NCCN1CCOCC1. The summed E-state index contributed by atoms with van der Waals surface area (Å²) in [7, 11) is 0. The number of morpholine rings is 1. The maximum atomic E-state index is 12.9. The number of anilines is 1. The van der Waals surface area contributed by atoms with E-state index in [0.717, 1.165) is 62.5 Å². The Hall–Kier alpha value is -1.92. The lowest BCUT2D eigenvalue weighted by atomic mass is 9.90. The summed E-state index contributed by atoms with van der Waals surface area (Å²) < 4.78 is 5.33. The van der Waals surface area contributed by atoms with Crippen molar-refractivity contribution in [3.8, 4) is 0 Å². The van der Waals surface area contributed by atoms with E-state index >= 15 is 0 Å². The van der Waals surface area contributed by atoms with Gasteiger partial charge in [0.25, 0.3) is 0 Å². The molecule has 1 saturated heterocycles. The van der Waals surface area contributed by atoms with E-state index in [-0.39, 0.29) is 11.8 Å². The number of ether oxygens (including phenoxy) is 1. The van der Waals surface area contributed by atoms with Crippen LogP contribution in [0.15, 0.2) is 18.2 Å². The number of aryl methyl sites for hydroxylation is 2. The molecule has 0 unspecified atom stereocenters. The molecule has 1 fully saturated rings. The second-order valence-electron chi connectivity index (χ2n) is 7.45. The van der Waals surface area contributed by atoms with E-state index in [4.69, 9.17) is 4.74 Å². The fourth-order valence-electron chi connectivity index (χ4n) is 3.15. The molecule has 2 amide bonds. The van der Waals surface area contributed by atoms with Crippen LogP contribution in [0.25, 0.3) is 0 Å². The second-order valence-corrected chi connectivity index (χ2v) is 7.45. The van der Waals surface area contributed by atoms with Gasteiger partial charge in [0.15, 0.2) is 0 Å². The summed E-state index contributed by atoms with van der Waals surface area (Å²) in [6.07, 6.45) is 1.66. The molecule has 0 spiro atoms. The number of carbonyl (C=O) groups excluding carboxylic acids is 2. The van der Waals surface area contributed by atoms with Crippen LogP contribution < -0.4 is 10.6 Å². The molecule has 6 heteroatoms. The lowest BCUT2D eigenvalue weighted by molar-refractivity contribution is -0.138. The minimum Gasteiger partial charge on any atom is -0.379 e. The molecule has 0 aliphatic carbocycles. The van der Waals surface area contributed by atoms with Crippen molar-refractivity contribution in [1.29, 1.82) is 0 Å². The highest BCUT2D eigenvalue weighted by molar-refractivity contribution is 6.10. The highest BCUT2D eigenvalue weighted by Gasteiger charge is 2.36. The van der Waals surface area contributed by atoms with Crippen LogP contribution in [0.4, 0.5) is 5.69 Å². The fourth-order valence-corrected chi connectivity index (χ4v) is 3.15. The second kappa shape index (κ2) is 9.85. The highest BCUT2D eigenvalue weighted by Crippen LogP contribution is 2.26. The summed E-state index contributed by atoms with van der Waals surface area (Å²) in [5.41, 5.74) is 1.88. The quantitative estimate of drug-likeness (QED) is 0.684. The highest BCUT2D eigenvalue weighted by atomic mass is 16.5. The molecular weight excluding hydrogens is 342 g/mol. The van der Waals surface area contributed by atoms with E-state index in [1.165, 1.54) is 0 Å². The first kappa shape index (κ1) is 21.4. The third-order valence-corrected chi connectivity index (χ3v) is 5.19. The Balaban J connectivity index is 1.96. The molecule has 1 aliphatic rings. The number of amides is 2. The smallest absolute Gasteiger partial charge is 0.239 e. The third kappa shape index (κ3) is 5.53. The fraction of sp³-hybridized carbons (Fsp3) is 0.619. The molecule has 150 valence electrons. The zero-order valence-corrected chi connectivity index (χ0v) is 17.1. The van der Waals surface area contributed by atoms with Gasteiger partial charge < -0.3 is 15.4 Å². The van der Waals surface area contributed by atoms with Crippen molar-refractivity contribution in [3.63, 3.8) is 0 Å². The van der Waals surface area contributed by atoms with Crippen molar-refractivity contribution in [1.82, 2.24) is 10.2 Å². The Morgan fingerprint density at radius 1 is 1.07 bits per heavy atom. The molecule has 0 atom stereocenters. The van der Waals surface area contributed by atoms with E-state index < -0.39 is 5.41 Å². The number of nitrogens with zero attached hydrogens (tertiary/aromatic N) is 1. The van der Waals surface area contributed by atoms with Crippen LogP contribution in [-0.2, 0) is 27.2 Å². The van der Waals surface area contributed by atoms with E-state index in [1.54, 1.807) is 13.8 Å². The number of hydrogen-bond donors (Lipinski definition) is 2. The van der Waals surface area contributed by atoms with Gasteiger partial charge in [-0.2, -0.15) is 0 Å². The van der Waals surface area contributed by atoms with Crippen molar-refractivity contribution in [2.45, 2.75) is 40.5 Å². The van der Waals surface area contributed by atoms with Gasteiger partial charge in [0, 0.05) is 31.9 Å². The summed E-state index contributed by atoms with van der Waals surface area (Å²) in [6.45, 7) is 12.0. The van der Waals surface area contributed by atoms with Crippen LogP contribution >= 0.6 is 0 Å². The van der Waals surface area contributed by atoms with Crippen LogP contribution in [0.2, 0.25) is 0 Å². The number of rotatable bonds is 8. The number of hydrogen-bond acceptors (Lipinski definition) is 4. The average Bonchev–Trinajstić information content (AvgIpc) is 2.68. The molecule has 0 bridgehead atoms. The molecule has 1 aromatic carbocycles. The van der Waals surface area contributed by atoms with Crippen LogP contribution in [-0.4, -0.2) is 56.1 Å². The Kier molecular flexibility index (Phi) is 7.80. The van der Waals surface area contributed by atoms with Gasteiger partial charge in [0.1, 0.15) is 5.41 Å². The molecule has 1 aliphatic heterocycles. The molecule has 27 heavy (non-hydrogen) atoms. The van der Waals surface area contributed by atoms with Crippen molar-refractivity contribution in [3.05, 3.63) is 29.3 Å². The summed E-state index contributed by atoms with van der Waals surface area (Å²) in [6, 6.07) is 6.05. The molecule has 2 rings (SSSR count). The van der Waals surface area contributed by atoms with Gasteiger partial charge in [0.2, 0.25) is 11.8 Å². The lowest BCUT2D eigenvalue weighted by Gasteiger charge is -2.28. The minimum atomic E-state index is -1.14. The van der Waals surface area contributed by atoms with Crippen molar-refractivity contribution < 1.29 is 14.3 Å². The van der Waals surface area contributed by atoms with Gasteiger partial charge >= 0.3 is 0 Å². The number of para-hydroxylation sites is 1. The van der Waals surface area contributed by atoms with E-state index in [1.807, 2.05) is 18.2 Å². The molecule has 0 aromatic heterocycles. The summed E-state index contributed by atoms with van der Waals surface area (Å²) in [5.74, 6) is -0.526. The van der Waals surface area contributed by atoms with Gasteiger partial charge in [-0.25, -0.2) is 0 Å². The van der Waals surface area contributed by atoms with Crippen LogP contribution in [0, 0.1) is 5.41 Å². The zero-order chi connectivity index (χ0) is 19.9. The predicted molar refractivity (Wildman–Crippen MR) is 108 cm³/mol. The standard InChI is InChI=1S/C21H33N3O3/c1-5-16-8-7-9-17(6-2)18(16)23-20(26)21(3,4)19(25)22-10-11-24-12-14-27-15-13-24/h7-9H,5-6,10-15H2,1-4H3,(H,22,25)(H,23,26). The molecule has 1 heterocycles. The minimum absolute atomic E-state index is 0.250. The van der Waals surface area contributed by atoms with Gasteiger partial charge in [-0.3, -0.25) is 14.5 Å². The van der Waals surface area contributed by atoms with Gasteiger partial charge in [0.05, 0.1) is 13.2 Å². The first-order valence-corrected chi connectivity index (χ1v) is 9.90. The van der Waals surface area contributed by atoms with E-state index in [9.17, 15) is 9.59 Å². The summed E-state index contributed by atoms with van der Waals surface area (Å²) in [4.78, 5) is 27.8. The number of nitrogens with one attached hydrogen (secondary N) is 2. The third-order valence-electron chi connectivity index (χ3n) is 5.19. The molecular formula is C21H33N3O3. The van der Waals surface area contributed by atoms with E-state index in [2.05, 4.69) is 29.4 Å². The lowest BCUT2D eigenvalue weighted by Crippen LogP contribution is -2.48. The first-order chi connectivity index (χ1) is 12.9. The number of benzene rings is 1. The van der Waals surface area contributed by atoms with Crippen molar-refractivity contribution in [2.75, 3.05) is 44.7 Å². The summed E-state index contributed by atoms with van der Waals surface area (Å²) >= 11 is 0. The molecule has 6 nitrogen and oxygen atoms in total. The predicted octanol–water partition coefficient (Wildman–Crippen LogP) is 2.22. The normalized spacial score (nSPS) is 15.4. The Bertz CT molecular complexity index is 630. The Labute approximate surface area is 162 Å². The van der Waals surface area contributed by atoms with Crippen LogP contribution in [0.3, 0.4) is 0 Å². The largest absolute Gasteiger partial charge is 0.379 e. The van der Waals surface area contributed by atoms with Gasteiger partial charge in [-0.1, -0.05) is 32.0 Å². The van der Waals surface area contributed by atoms with Gasteiger partial charge in [-0.15, -0.1) is 0 Å². The topological polar surface area (TPSA) is 70.7 Å². The van der Waals surface area contributed by atoms with Crippen LogP contribution in [0.1, 0.15) is 38.8 Å². The van der Waals surface area contributed by atoms with Gasteiger partial charge in [-0.05, 0) is 37.8 Å². The monoisotopic (exact) mass is 375 g/mol. The Morgan fingerprint density at radius 2 is 1.67 bits per heavy atom. The summed E-state index contributed by atoms with van der Waals surface area (Å²) in [5, 5.41) is 5.93. The average molecular weight is 376 g/mol. The Morgan fingerprint density at radius 3 is 2.22 bits per heavy atom.